The lowest BCUT2D eigenvalue weighted by molar-refractivity contribution is 0.414. The summed E-state index contributed by atoms with van der Waals surface area (Å²) in [6.07, 6.45) is 0. The Morgan fingerprint density at radius 3 is 0.833 bits per heavy atom. The third-order valence-electron chi connectivity index (χ3n) is 17.2. The molecule has 0 aliphatic heterocycles. The van der Waals surface area contributed by atoms with Crippen LogP contribution in [0, 0.1) is 0 Å². The molecule has 0 aliphatic rings. The zero-order chi connectivity index (χ0) is 61.0. The summed E-state index contributed by atoms with van der Waals surface area (Å²) in [6.45, 7) is 0. The molecule has 0 spiro atoms. The van der Waals surface area contributed by atoms with Crippen LogP contribution >= 0.6 is 0 Å². The number of fused-ring (bicyclic) bond motifs is 9. The van der Waals surface area contributed by atoms with Crippen LogP contribution in [0.2, 0.25) is 0 Å². The molecule has 90 heavy (non-hydrogen) atoms. The summed E-state index contributed by atoms with van der Waals surface area (Å²) in [5.41, 5.74) is 17.3. The molecule has 0 saturated heterocycles. The molecule has 0 saturated carbocycles. The second-order valence-corrected chi connectivity index (χ2v) is 22.1. The first-order valence-electron chi connectivity index (χ1n) is 29.7. The summed E-state index contributed by atoms with van der Waals surface area (Å²) in [4.78, 5) is 4.69. The number of rotatable bonds is 17. The molecule has 0 bridgehead atoms. The van der Waals surface area contributed by atoms with E-state index in [-0.39, 0.29) is 0 Å². The normalized spacial score (nSPS) is 11.4. The van der Waals surface area contributed by atoms with E-state index >= 15 is 0 Å². The summed E-state index contributed by atoms with van der Waals surface area (Å²) in [5.74, 6) is 4.73. The summed E-state index contributed by atoms with van der Waals surface area (Å²) in [7, 11) is 10.2. The summed E-state index contributed by atoms with van der Waals surface area (Å²) >= 11 is 0. The van der Waals surface area contributed by atoms with Crippen LogP contribution in [0.25, 0.3) is 82.5 Å². The van der Waals surface area contributed by atoms with Gasteiger partial charge in [0.15, 0.2) is 0 Å². The molecule has 12 aromatic carbocycles. The fourth-order valence-electron chi connectivity index (χ4n) is 12.8. The molecular weight excluding hydrogens is 1120 g/mol. The molecule has 0 fully saturated rings. The van der Waals surface area contributed by atoms with E-state index in [4.69, 9.17) is 28.4 Å². The van der Waals surface area contributed by atoms with E-state index in [1.807, 2.05) is 84.9 Å². The molecule has 12 nitrogen and oxygen atoms in total. The van der Waals surface area contributed by atoms with Crippen LogP contribution in [0.3, 0.4) is 0 Å². The van der Waals surface area contributed by atoms with Crippen molar-refractivity contribution in [3.05, 3.63) is 261 Å². The fraction of sp³-hybridized carbons (Fsp3) is 0.0769. The van der Waals surface area contributed by atoms with Crippen LogP contribution in [0.1, 0.15) is 0 Å². The Bertz CT molecular complexity index is 5150. The Morgan fingerprint density at radius 2 is 0.489 bits per heavy atom. The van der Waals surface area contributed by atoms with Gasteiger partial charge in [-0.25, -0.2) is 0 Å². The fourth-order valence-corrected chi connectivity index (χ4v) is 12.8. The highest BCUT2D eigenvalue weighted by atomic mass is 16.5. The lowest BCUT2D eigenvalue weighted by Crippen LogP contribution is -2.10. The molecule has 440 valence electrons. The van der Waals surface area contributed by atoms with Gasteiger partial charge in [-0.2, -0.15) is 0 Å². The maximum absolute atomic E-state index is 5.76. The predicted molar refractivity (Wildman–Crippen MR) is 368 cm³/mol. The largest absolute Gasteiger partial charge is 0.497 e. The van der Waals surface area contributed by atoms with E-state index in [0.29, 0.717) is 0 Å². The van der Waals surface area contributed by atoms with Crippen molar-refractivity contribution in [1.29, 1.82) is 0 Å². The van der Waals surface area contributed by atoms with Crippen molar-refractivity contribution >= 4 is 111 Å². The highest BCUT2D eigenvalue weighted by molar-refractivity contribution is 6.15. The lowest BCUT2D eigenvalue weighted by atomic mass is 10.1. The molecule has 1 N–H and O–H groups in total. The molecule has 0 unspecified atom stereocenters. The average molecular weight is 1180 g/mol. The monoisotopic (exact) mass is 1180 g/mol. The first-order chi connectivity index (χ1) is 44.3. The van der Waals surface area contributed by atoms with Gasteiger partial charge in [0.1, 0.15) is 34.5 Å². The average Bonchev–Trinajstić information content (AvgIpc) is 1.66. The van der Waals surface area contributed by atoms with E-state index in [1.54, 1.807) is 42.7 Å². The van der Waals surface area contributed by atoms with Crippen molar-refractivity contribution < 1.29 is 28.4 Å². The van der Waals surface area contributed by atoms with Gasteiger partial charge >= 0.3 is 0 Å². The van der Waals surface area contributed by atoms with Crippen molar-refractivity contribution in [2.45, 2.75) is 0 Å². The number of hydrogen-bond acceptors (Lipinski definition) is 9. The van der Waals surface area contributed by atoms with Crippen molar-refractivity contribution in [1.82, 2.24) is 13.7 Å². The molecule has 3 heterocycles. The molecular formula is C78H62N6O6. The quantitative estimate of drug-likeness (QED) is 0.0958. The van der Waals surface area contributed by atoms with Gasteiger partial charge in [0.05, 0.1) is 75.8 Å². The molecule has 0 atom stereocenters. The van der Waals surface area contributed by atoms with Crippen molar-refractivity contribution in [2.75, 3.05) is 57.8 Å². The van der Waals surface area contributed by atoms with Crippen LogP contribution in [0.4, 0.5) is 45.5 Å². The van der Waals surface area contributed by atoms with E-state index in [9.17, 15) is 0 Å². The molecule has 15 aromatic rings. The van der Waals surface area contributed by atoms with Crippen molar-refractivity contribution in [3.63, 3.8) is 0 Å². The number of benzene rings is 12. The summed E-state index contributed by atoms with van der Waals surface area (Å²) in [6, 6.07) is 91.8. The Balaban J connectivity index is 0.932. The van der Waals surface area contributed by atoms with Crippen molar-refractivity contribution in [2.24, 2.45) is 0 Å². The molecule has 0 radical (unpaired) electrons. The van der Waals surface area contributed by atoms with Crippen LogP contribution in [0.5, 0.6) is 34.5 Å². The zero-order valence-electron chi connectivity index (χ0n) is 50.5. The predicted octanol–water partition coefficient (Wildman–Crippen LogP) is 19.7. The van der Waals surface area contributed by atoms with E-state index in [2.05, 4.69) is 205 Å². The SMILES string of the molecule is COc1ccc(Nc2ccc3c(c2)c2cc(N(c4ccc(OC)cc4)c4ccc5c(c4)c4cc(N(c6ccc(OC)cc6)c6ccc7c(c6)c6ccccc6n7-c6ccc(OC)cc6)ccc4n5-c4ccc(OC)cc4)ccc2n3-c2ccc(OC)cc2)cc1. The van der Waals surface area contributed by atoms with Gasteiger partial charge in [0.2, 0.25) is 0 Å². The van der Waals surface area contributed by atoms with Gasteiger partial charge < -0.3 is 57.2 Å². The maximum atomic E-state index is 5.76. The third kappa shape index (κ3) is 9.58. The number of hydrogen-bond donors (Lipinski definition) is 1. The van der Waals surface area contributed by atoms with Crippen LogP contribution in [0.15, 0.2) is 261 Å². The van der Waals surface area contributed by atoms with Gasteiger partial charge in [-0.05, 0) is 243 Å². The molecule has 0 aliphatic carbocycles. The first-order valence-corrected chi connectivity index (χ1v) is 29.7. The number of para-hydroxylation sites is 1. The third-order valence-corrected chi connectivity index (χ3v) is 17.2. The molecule has 3 aromatic heterocycles. The zero-order valence-corrected chi connectivity index (χ0v) is 50.5. The standard InChI is InChI=1S/C78H62N6O6/c1-85-61-28-11-50(12-29-61)79-51-13-40-74-68(45-51)70-47-58(25-42-76(70)83(74)55-20-36-65(89-5)37-21-55)81(53-16-32-63(87-3)33-17-53)60-27-44-78-72(49-60)71-48-59(26-43-77(71)84(78)56-22-38-66(90-6)39-23-56)80(52-14-30-62(86-2)31-15-52)57-24-41-75-69(46-57)67-9-7-8-10-73(67)82(75)54-18-34-64(88-4)35-19-54/h7-49,79H,1-6H3. The Morgan fingerprint density at radius 1 is 0.233 bits per heavy atom. The summed E-state index contributed by atoms with van der Waals surface area (Å²) in [5, 5.41) is 10.3. The molecule has 0 amide bonds. The highest BCUT2D eigenvalue weighted by Crippen LogP contribution is 2.47. The van der Waals surface area contributed by atoms with E-state index < -0.39 is 0 Å². The first kappa shape index (κ1) is 54.9. The lowest BCUT2D eigenvalue weighted by Gasteiger charge is -2.26. The number of anilines is 8. The second kappa shape index (κ2) is 22.8. The number of methoxy groups -OCH3 is 6. The second-order valence-electron chi connectivity index (χ2n) is 22.1. The van der Waals surface area contributed by atoms with E-state index in [1.165, 1.54) is 0 Å². The van der Waals surface area contributed by atoms with Crippen molar-refractivity contribution in [3.8, 4) is 51.6 Å². The minimum atomic E-state index is 0.766. The van der Waals surface area contributed by atoms with Crippen LogP contribution < -0.4 is 43.5 Å². The smallest absolute Gasteiger partial charge is 0.119 e. The number of ether oxygens (including phenoxy) is 6. The molecule has 12 heteroatoms. The number of nitrogens with zero attached hydrogens (tertiary/aromatic N) is 5. The van der Waals surface area contributed by atoms with Crippen LogP contribution in [-0.2, 0) is 0 Å². The Kier molecular flexibility index (Phi) is 13.9. The van der Waals surface area contributed by atoms with Gasteiger partial charge in [-0.1, -0.05) is 18.2 Å². The Labute approximate surface area is 520 Å². The highest BCUT2D eigenvalue weighted by Gasteiger charge is 2.24. The van der Waals surface area contributed by atoms with Gasteiger partial charge in [0, 0.05) is 94.9 Å². The van der Waals surface area contributed by atoms with Gasteiger partial charge in [-0.15, -0.1) is 0 Å². The van der Waals surface area contributed by atoms with Crippen LogP contribution in [-0.4, -0.2) is 56.4 Å². The summed E-state index contributed by atoms with van der Waals surface area (Å²) < 4.78 is 40.9. The maximum Gasteiger partial charge on any atom is 0.119 e. The number of nitrogens with one attached hydrogen (secondary N) is 1. The van der Waals surface area contributed by atoms with E-state index in [0.717, 1.165) is 162 Å². The Hall–Kier alpha value is -11.8. The topological polar surface area (TPSA) is 88.7 Å². The minimum absolute atomic E-state index is 0.766. The molecule has 15 rings (SSSR count). The number of aromatic nitrogens is 3. The minimum Gasteiger partial charge on any atom is -0.497 e. The van der Waals surface area contributed by atoms with Gasteiger partial charge in [0.25, 0.3) is 0 Å². The van der Waals surface area contributed by atoms with Gasteiger partial charge in [-0.3, -0.25) is 0 Å².